The van der Waals surface area contributed by atoms with Crippen molar-refractivity contribution >= 4 is 22.3 Å². The van der Waals surface area contributed by atoms with Crippen LogP contribution < -0.4 is 15.5 Å². The summed E-state index contributed by atoms with van der Waals surface area (Å²) in [5.74, 6) is 1.00. The lowest BCUT2D eigenvalue weighted by molar-refractivity contribution is -0.0333. The highest BCUT2D eigenvalue weighted by molar-refractivity contribution is 7.14. The van der Waals surface area contributed by atoms with Gasteiger partial charge in [-0.3, -0.25) is 9.89 Å². The van der Waals surface area contributed by atoms with Crippen LogP contribution in [0.3, 0.4) is 0 Å². The van der Waals surface area contributed by atoms with Crippen molar-refractivity contribution in [2.45, 2.75) is 63.5 Å². The molecule has 30 heavy (non-hydrogen) atoms. The molecule has 1 saturated carbocycles. The number of morpholine rings is 1. The molecule has 1 aromatic rings. The van der Waals surface area contributed by atoms with E-state index in [1.54, 1.807) is 0 Å². The molecule has 0 unspecified atom stereocenters. The van der Waals surface area contributed by atoms with E-state index in [4.69, 9.17) is 9.73 Å². The fraction of sp³-hybridized carbons (Fsp3) is 0.783. The summed E-state index contributed by atoms with van der Waals surface area (Å²) in [5, 5.41) is 10.8. The Morgan fingerprint density at radius 3 is 2.60 bits per heavy atom. The van der Waals surface area contributed by atoms with Crippen molar-refractivity contribution in [3.8, 4) is 0 Å². The molecule has 2 aliphatic heterocycles. The Morgan fingerprint density at radius 1 is 1.17 bits per heavy atom. The SMILES string of the molecule is CCNC(=NCC1(N2CCOCC2)CCCCC1)NC1CCN(c2cccs2)CC1. The quantitative estimate of drug-likeness (QED) is 0.533. The van der Waals surface area contributed by atoms with Crippen molar-refractivity contribution < 1.29 is 4.74 Å². The average molecular weight is 434 g/mol. The average Bonchev–Trinajstić information content (AvgIpc) is 3.34. The van der Waals surface area contributed by atoms with Crippen molar-refractivity contribution in [1.29, 1.82) is 0 Å². The van der Waals surface area contributed by atoms with Gasteiger partial charge < -0.3 is 20.3 Å². The number of rotatable bonds is 6. The molecule has 6 nitrogen and oxygen atoms in total. The number of thiophene rings is 1. The van der Waals surface area contributed by atoms with Crippen LogP contribution >= 0.6 is 11.3 Å². The molecular weight excluding hydrogens is 394 g/mol. The second kappa shape index (κ2) is 10.8. The molecule has 0 radical (unpaired) electrons. The highest BCUT2D eigenvalue weighted by Crippen LogP contribution is 2.34. The fourth-order valence-electron chi connectivity index (χ4n) is 5.26. The molecule has 0 amide bonds. The van der Waals surface area contributed by atoms with E-state index >= 15 is 0 Å². The first-order chi connectivity index (χ1) is 14.8. The van der Waals surface area contributed by atoms with Crippen LogP contribution in [-0.4, -0.2) is 74.9 Å². The number of anilines is 1. The Balaban J connectivity index is 1.36. The summed E-state index contributed by atoms with van der Waals surface area (Å²) in [7, 11) is 0. The lowest BCUT2D eigenvalue weighted by atomic mass is 9.80. The summed E-state index contributed by atoms with van der Waals surface area (Å²) >= 11 is 1.85. The molecule has 0 atom stereocenters. The number of ether oxygens (including phenoxy) is 1. The van der Waals surface area contributed by atoms with Gasteiger partial charge in [0.15, 0.2) is 5.96 Å². The third kappa shape index (κ3) is 5.48. The van der Waals surface area contributed by atoms with Gasteiger partial charge in [-0.05, 0) is 50.1 Å². The number of hydrogen-bond acceptors (Lipinski definition) is 5. The Morgan fingerprint density at radius 2 is 1.93 bits per heavy atom. The van der Waals surface area contributed by atoms with Crippen LogP contribution in [0, 0.1) is 0 Å². The molecule has 3 aliphatic rings. The smallest absolute Gasteiger partial charge is 0.191 e. The molecule has 0 bridgehead atoms. The molecule has 1 aliphatic carbocycles. The van der Waals surface area contributed by atoms with Gasteiger partial charge in [0, 0.05) is 44.3 Å². The van der Waals surface area contributed by atoms with E-state index in [0.717, 1.165) is 71.3 Å². The molecule has 0 aromatic carbocycles. The summed E-state index contributed by atoms with van der Waals surface area (Å²) in [6, 6.07) is 4.89. The highest BCUT2D eigenvalue weighted by Gasteiger charge is 2.38. The second-order valence-electron chi connectivity index (χ2n) is 8.94. The van der Waals surface area contributed by atoms with Crippen LogP contribution in [0.25, 0.3) is 0 Å². The Labute approximate surface area is 186 Å². The van der Waals surface area contributed by atoms with Gasteiger partial charge in [-0.2, -0.15) is 0 Å². The largest absolute Gasteiger partial charge is 0.379 e. The number of nitrogens with zero attached hydrogens (tertiary/aromatic N) is 3. The van der Waals surface area contributed by atoms with E-state index < -0.39 is 0 Å². The Bertz CT molecular complexity index is 645. The van der Waals surface area contributed by atoms with Gasteiger partial charge in [0.05, 0.1) is 24.8 Å². The molecule has 3 fully saturated rings. The first-order valence-corrected chi connectivity index (χ1v) is 12.8. The Hall–Kier alpha value is -1.31. The van der Waals surface area contributed by atoms with Crippen molar-refractivity contribution in [3.05, 3.63) is 17.5 Å². The highest BCUT2D eigenvalue weighted by atomic mass is 32.1. The maximum Gasteiger partial charge on any atom is 0.191 e. The maximum atomic E-state index is 5.63. The van der Waals surface area contributed by atoms with Crippen molar-refractivity contribution in [2.75, 3.05) is 57.4 Å². The third-order valence-electron chi connectivity index (χ3n) is 7.00. The summed E-state index contributed by atoms with van der Waals surface area (Å²) in [5.41, 5.74) is 0.229. The van der Waals surface area contributed by atoms with Gasteiger partial charge in [-0.15, -0.1) is 11.3 Å². The van der Waals surface area contributed by atoms with E-state index in [9.17, 15) is 0 Å². The van der Waals surface area contributed by atoms with Crippen LogP contribution in [0.2, 0.25) is 0 Å². The molecular formula is C23H39N5OS. The van der Waals surface area contributed by atoms with Crippen molar-refractivity contribution in [1.82, 2.24) is 15.5 Å². The minimum absolute atomic E-state index is 0.229. The first kappa shape index (κ1) is 21.9. The number of hydrogen-bond donors (Lipinski definition) is 2. The topological polar surface area (TPSA) is 52.1 Å². The molecule has 2 N–H and O–H groups in total. The van der Waals surface area contributed by atoms with E-state index in [1.807, 2.05) is 11.3 Å². The number of piperidine rings is 1. The monoisotopic (exact) mass is 433 g/mol. The van der Waals surface area contributed by atoms with E-state index in [0.29, 0.717) is 6.04 Å². The van der Waals surface area contributed by atoms with E-state index in [-0.39, 0.29) is 5.54 Å². The zero-order chi connectivity index (χ0) is 20.7. The minimum atomic E-state index is 0.229. The lowest BCUT2D eigenvalue weighted by Gasteiger charge is -2.47. The summed E-state index contributed by atoms with van der Waals surface area (Å²) in [6.45, 7) is 10.1. The minimum Gasteiger partial charge on any atom is -0.379 e. The standard InChI is InChI=1S/C23H39N5OS/c1-2-24-22(26-20-8-12-27(13-9-20)21-7-6-18-30-21)25-19-23(10-4-3-5-11-23)28-14-16-29-17-15-28/h6-7,18,20H,2-5,8-17,19H2,1H3,(H2,24,25,26). The van der Waals surface area contributed by atoms with Gasteiger partial charge >= 0.3 is 0 Å². The van der Waals surface area contributed by atoms with E-state index in [1.165, 1.54) is 37.1 Å². The molecule has 3 heterocycles. The van der Waals surface area contributed by atoms with Gasteiger partial charge in [0.1, 0.15) is 0 Å². The van der Waals surface area contributed by atoms with Crippen LogP contribution in [0.4, 0.5) is 5.00 Å². The zero-order valence-electron chi connectivity index (χ0n) is 18.6. The van der Waals surface area contributed by atoms with Gasteiger partial charge in [0.2, 0.25) is 0 Å². The zero-order valence-corrected chi connectivity index (χ0v) is 19.4. The summed E-state index contributed by atoms with van der Waals surface area (Å²) < 4.78 is 5.63. The molecule has 1 aromatic heterocycles. The van der Waals surface area contributed by atoms with E-state index in [2.05, 4.69) is 44.9 Å². The molecule has 2 saturated heterocycles. The molecule has 168 valence electrons. The van der Waals surface area contributed by atoms with Gasteiger partial charge in [0.25, 0.3) is 0 Å². The molecule has 4 rings (SSSR count). The second-order valence-corrected chi connectivity index (χ2v) is 9.86. The Kier molecular flexibility index (Phi) is 7.90. The van der Waals surface area contributed by atoms with Crippen molar-refractivity contribution in [2.24, 2.45) is 4.99 Å². The third-order valence-corrected chi connectivity index (χ3v) is 7.92. The van der Waals surface area contributed by atoms with Crippen LogP contribution in [-0.2, 0) is 4.74 Å². The summed E-state index contributed by atoms with van der Waals surface area (Å²) in [6.07, 6.45) is 8.91. The first-order valence-electron chi connectivity index (χ1n) is 12.0. The van der Waals surface area contributed by atoms with Crippen LogP contribution in [0.15, 0.2) is 22.5 Å². The number of nitrogens with one attached hydrogen (secondary N) is 2. The molecule has 0 spiro atoms. The van der Waals surface area contributed by atoms with Crippen LogP contribution in [0.5, 0.6) is 0 Å². The lowest BCUT2D eigenvalue weighted by Crippen LogP contribution is -2.57. The number of guanidine groups is 1. The van der Waals surface area contributed by atoms with Crippen LogP contribution in [0.1, 0.15) is 51.9 Å². The van der Waals surface area contributed by atoms with Crippen molar-refractivity contribution in [3.63, 3.8) is 0 Å². The predicted octanol–water partition coefficient (Wildman–Crippen LogP) is 3.31. The summed E-state index contributed by atoms with van der Waals surface area (Å²) in [4.78, 5) is 10.3. The fourth-order valence-corrected chi connectivity index (χ4v) is 6.04. The maximum absolute atomic E-state index is 5.63. The normalized spacial score (nSPS) is 24.0. The molecule has 7 heteroatoms. The van der Waals surface area contributed by atoms with Gasteiger partial charge in [-0.25, -0.2) is 0 Å². The number of aliphatic imine (C=N–C) groups is 1. The van der Waals surface area contributed by atoms with Gasteiger partial charge in [-0.1, -0.05) is 19.3 Å². The predicted molar refractivity (Wildman–Crippen MR) is 127 cm³/mol.